The normalized spacial score (nSPS) is 22.5. The van der Waals surface area contributed by atoms with Crippen molar-refractivity contribution in [3.8, 4) is 0 Å². The first-order valence-electron chi connectivity index (χ1n) is 6.21. The molecule has 0 radical (unpaired) electrons. The van der Waals surface area contributed by atoms with Gasteiger partial charge in [-0.25, -0.2) is 9.18 Å². The lowest BCUT2D eigenvalue weighted by atomic mass is 10.1. The topological polar surface area (TPSA) is 35.5 Å². The Labute approximate surface area is 116 Å². The molecule has 0 N–H and O–H groups in total. The van der Waals surface area contributed by atoms with E-state index in [-0.39, 0.29) is 11.7 Å². The largest absolute Gasteiger partial charge is 0.465 e. The minimum Gasteiger partial charge on any atom is -0.465 e. The number of rotatable bonds is 4. The van der Waals surface area contributed by atoms with Crippen LogP contribution < -0.4 is 0 Å². The number of hydrogen-bond donors (Lipinski definition) is 0. The molecule has 5 heteroatoms. The van der Waals surface area contributed by atoms with Crippen LogP contribution in [0.25, 0.3) is 0 Å². The molecule has 0 aliphatic carbocycles. The predicted octanol–water partition coefficient (Wildman–Crippen LogP) is 3.02. The molecular weight excluding hydrogens is 267 g/mol. The number of thioether (sulfide) groups is 1. The number of hydrogen-bond acceptors (Lipinski definition) is 4. The number of ether oxygens (including phenoxy) is 2. The van der Waals surface area contributed by atoms with Crippen LogP contribution in [0.4, 0.5) is 4.39 Å². The highest BCUT2D eigenvalue weighted by Gasteiger charge is 2.24. The Kier molecular flexibility index (Phi) is 4.82. The minimum absolute atomic E-state index is 0.0196. The Morgan fingerprint density at radius 1 is 1.58 bits per heavy atom. The van der Waals surface area contributed by atoms with Gasteiger partial charge in [0, 0.05) is 17.6 Å². The van der Waals surface area contributed by atoms with E-state index in [1.165, 1.54) is 19.2 Å². The van der Waals surface area contributed by atoms with Crippen molar-refractivity contribution in [2.45, 2.75) is 30.5 Å². The number of carbonyl (C=O) groups excluding carboxylic acids is 1. The highest BCUT2D eigenvalue weighted by molar-refractivity contribution is 7.99. The summed E-state index contributed by atoms with van der Waals surface area (Å²) in [5.41, 5.74) is 0.850. The maximum atomic E-state index is 13.7. The van der Waals surface area contributed by atoms with Crippen molar-refractivity contribution in [3.05, 3.63) is 35.1 Å². The Balaban J connectivity index is 1.98. The number of carbonyl (C=O) groups is 1. The van der Waals surface area contributed by atoms with Crippen LogP contribution in [0.3, 0.4) is 0 Å². The van der Waals surface area contributed by atoms with Gasteiger partial charge in [0.15, 0.2) is 0 Å². The van der Waals surface area contributed by atoms with Gasteiger partial charge in [-0.05, 0) is 31.0 Å². The summed E-state index contributed by atoms with van der Waals surface area (Å²) >= 11 is 1.77. The summed E-state index contributed by atoms with van der Waals surface area (Å²) in [7, 11) is 1.24. The van der Waals surface area contributed by atoms with E-state index >= 15 is 0 Å². The standard InChI is InChI=1S/C14H17FO3S/c1-9-13(5-6-18-9)19-8-10-3-4-11(12(15)7-10)14(16)17-2/h3-4,7,9,13H,5-6,8H2,1-2H3. The maximum Gasteiger partial charge on any atom is 0.340 e. The van der Waals surface area contributed by atoms with Gasteiger partial charge in [-0.2, -0.15) is 11.8 Å². The lowest BCUT2D eigenvalue weighted by Gasteiger charge is -2.13. The van der Waals surface area contributed by atoms with Crippen LogP contribution in [-0.4, -0.2) is 31.0 Å². The third-order valence-corrected chi connectivity index (χ3v) is 4.76. The molecular formula is C14H17FO3S. The van der Waals surface area contributed by atoms with Crippen molar-refractivity contribution in [1.29, 1.82) is 0 Å². The second-order valence-corrected chi connectivity index (χ2v) is 5.75. The number of esters is 1. The van der Waals surface area contributed by atoms with Gasteiger partial charge in [0.2, 0.25) is 0 Å². The van der Waals surface area contributed by atoms with Crippen LogP contribution >= 0.6 is 11.8 Å². The molecule has 1 aliphatic heterocycles. The number of methoxy groups -OCH3 is 1. The molecule has 2 rings (SSSR count). The first-order chi connectivity index (χ1) is 9.11. The van der Waals surface area contributed by atoms with Crippen LogP contribution in [-0.2, 0) is 15.2 Å². The minimum atomic E-state index is -0.644. The molecule has 1 fully saturated rings. The van der Waals surface area contributed by atoms with Crippen LogP contribution in [0.5, 0.6) is 0 Å². The molecule has 104 valence electrons. The highest BCUT2D eigenvalue weighted by atomic mass is 32.2. The van der Waals surface area contributed by atoms with E-state index in [0.717, 1.165) is 24.3 Å². The van der Waals surface area contributed by atoms with E-state index in [2.05, 4.69) is 11.7 Å². The van der Waals surface area contributed by atoms with Crippen molar-refractivity contribution in [2.75, 3.05) is 13.7 Å². The van der Waals surface area contributed by atoms with E-state index in [9.17, 15) is 9.18 Å². The second-order valence-electron chi connectivity index (χ2n) is 4.52. The quantitative estimate of drug-likeness (QED) is 0.796. The Morgan fingerprint density at radius 3 is 2.95 bits per heavy atom. The van der Waals surface area contributed by atoms with E-state index < -0.39 is 11.8 Å². The van der Waals surface area contributed by atoms with Crippen LogP contribution in [0.15, 0.2) is 18.2 Å². The van der Waals surface area contributed by atoms with Gasteiger partial charge < -0.3 is 9.47 Å². The van der Waals surface area contributed by atoms with Crippen molar-refractivity contribution < 1.29 is 18.7 Å². The van der Waals surface area contributed by atoms with Crippen LogP contribution in [0.1, 0.15) is 29.3 Å². The fraction of sp³-hybridized carbons (Fsp3) is 0.500. The molecule has 1 aliphatic rings. The molecule has 1 aromatic carbocycles. The first kappa shape index (κ1) is 14.3. The summed E-state index contributed by atoms with van der Waals surface area (Å²) < 4.78 is 23.7. The van der Waals surface area contributed by atoms with Gasteiger partial charge in [-0.1, -0.05) is 6.07 Å². The molecule has 3 nitrogen and oxygen atoms in total. The Bertz CT molecular complexity index is 464. The Hall–Kier alpha value is -1.07. The van der Waals surface area contributed by atoms with Crippen molar-refractivity contribution in [1.82, 2.24) is 0 Å². The van der Waals surface area contributed by atoms with Gasteiger partial charge >= 0.3 is 5.97 Å². The third kappa shape index (κ3) is 3.48. The molecule has 0 amide bonds. The van der Waals surface area contributed by atoms with E-state index in [1.54, 1.807) is 17.8 Å². The lowest BCUT2D eigenvalue weighted by Crippen LogP contribution is -2.13. The predicted molar refractivity (Wildman–Crippen MR) is 72.9 cm³/mol. The van der Waals surface area contributed by atoms with Crippen LogP contribution in [0, 0.1) is 5.82 Å². The van der Waals surface area contributed by atoms with Gasteiger partial charge in [-0.3, -0.25) is 0 Å². The molecule has 1 saturated heterocycles. The summed E-state index contributed by atoms with van der Waals surface area (Å²) in [5, 5.41) is 0.461. The summed E-state index contributed by atoms with van der Waals surface area (Å²) in [6.45, 7) is 2.86. The van der Waals surface area contributed by atoms with Crippen LogP contribution in [0.2, 0.25) is 0 Å². The smallest absolute Gasteiger partial charge is 0.340 e. The summed E-state index contributed by atoms with van der Waals surface area (Å²) in [6.07, 6.45) is 1.29. The zero-order chi connectivity index (χ0) is 13.8. The highest BCUT2D eigenvalue weighted by Crippen LogP contribution is 2.29. The number of halogens is 1. The molecule has 2 unspecified atom stereocenters. The number of benzene rings is 1. The molecule has 0 bridgehead atoms. The molecule has 0 saturated carbocycles. The van der Waals surface area contributed by atoms with E-state index in [4.69, 9.17) is 4.74 Å². The van der Waals surface area contributed by atoms with Crippen molar-refractivity contribution >= 4 is 17.7 Å². The van der Waals surface area contributed by atoms with Crippen molar-refractivity contribution in [3.63, 3.8) is 0 Å². The molecule has 2 atom stereocenters. The fourth-order valence-corrected chi connectivity index (χ4v) is 3.26. The molecule has 19 heavy (non-hydrogen) atoms. The first-order valence-corrected chi connectivity index (χ1v) is 7.26. The summed E-state index contributed by atoms with van der Waals surface area (Å²) in [4.78, 5) is 11.3. The van der Waals surface area contributed by atoms with Gasteiger partial charge in [0.1, 0.15) is 5.82 Å². The van der Waals surface area contributed by atoms with Crippen molar-refractivity contribution in [2.24, 2.45) is 0 Å². The van der Waals surface area contributed by atoms with Gasteiger partial charge in [0.25, 0.3) is 0 Å². The average molecular weight is 284 g/mol. The van der Waals surface area contributed by atoms with Gasteiger partial charge in [0.05, 0.1) is 18.8 Å². The SMILES string of the molecule is COC(=O)c1ccc(CSC2CCOC2C)cc1F. The third-order valence-electron chi connectivity index (χ3n) is 3.21. The lowest BCUT2D eigenvalue weighted by molar-refractivity contribution is 0.0595. The molecule has 1 aromatic rings. The summed E-state index contributed by atoms with van der Waals surface area (Å²) in [6, 6.07) is 4.65. The molecule has 0 spiro atoms. The van der Waals surface area contributed by atoms with E-state index in [0.29, 0.717) is 5.25 Å². The monoisotopic (exact) mass is 284 g/mol. The Morgan fingerprint density at radius 2 is 2.37 bits per heavy atom. The van der Waals surface area contributed by atoms with Gasteiger partial charge in [-0.15, -0.1) is 0 Å². The van der Waals surface area contributed by atoms with E-state index in [1.807, 2.05) is 0 Å². The maximum absolute atomic E-state index is 13.7. The fourth-order valence-electron chi connectivity index (χ4n) is 2.06. The summed E-state index contributed by atoms with van der Waals surface area (Å²) in [5.74, 6) is -0.452. The average Bonchev–Trinajstić information content (AvgIpc) is 2.81. The zero-order valence-corrected chi connectivity index (χ0v) is 11.8. The second kappa shape index (κ2) is 6.39. The molecule has 1 heterocycles. The zero-order valence-electron chi connectivity index (χ0n) is 11.0. The molecule has 0 aromatic heterocycles.